The SMILES string of the molecule is CC(N)C(F)(F)c1ccccc1. The van der Waals surface area contributed by atoms with Gasteiger partial charge in [0.1, 0.15) is 0 Å². The molecule has 0 amide bonds. The zero-order chi connectivity index (χ0) is 9.19. The van der Waals surface area contributed by atoms with Gasteiger partial charge >= 0.3 is 0 Å². The van der Waals surface area contributed by atoms with Gasteiger partial charge < -0.3 is 5.73 Å². The first-order chi connectivity index (χ1) is 5.55. The number of halogens is 2. The number of benzene rings is 1. The molecule has 1 aromatic carbocycles. The van der Waals surface area contributed by atoms with Crippen LogP contribution in [0.3, 0.4) is 0 Å². The van der Waals surface area contributed by atoms with Gasteiger partial charge in [0.05, 0.1) is 6.04 Å². The highest BCUT2D eigenvalue weighted by atomic mass is 19.3. The van der Waals surface area contributed by atoms with Gasteiger partial charge in [0, 0.05) is 5.56 Å². The van der Waals surface area contributed by atoms with Crippen molar-refractivity contribution in [2.24, 2.45) is 5.73 Å². The Morgan fingerprint density at radius 2 is 1.75 bits per heavy atom. The predicted octanol–water partition coefficient (Wildman–Crippen LogP) is 2.13. The molecule has 0 aliphatic heterocycles. The van der Waals surface area contributed by atoms with Gasteiger partial charge in [-0.05, 0) is 6.92 Å². The quantitative estimate of drug-likeness (QED) is 0.724. The van der Waals surface area contributed by atoms with Crippen molar-refractivity contribution in [1.29, 1.82) is 0 Å². The molecule has 1 unspecified atom stereocenters. The third-order valence-electron chi connectivity index (χ3n) is 1.73. The highest BCUT2D eigenvalue weighted by Crippen LogP contribution is 2.29. The van der Waals surface area contributed by atoms with Crippen molar-refractivity contribution in [1.82, 2.24) is 0 Å². The van der Waals surface area contributed by atoms with Crippen LogP contribution in [0, 0.1) is 0 Å². The second-order valence-electron chi connectivity index (χ2n) is 2.78. The van der Waals surface area contributed by atoms with Crippen molar-refractivity contribution in [3.8, 4) is 0 Å². The van der Waals surface area contributed by atoms with Crippen LogP contribution >= 0.6 is 0 Å². The lowest BCUT2D eigenvalue weighted by Gasteiger charge is -2.20. The molecule has 0 aliphatic carbocycles. The summed E-state index contributed by atoms with van der Waals surface area (Å²) in [5, 5.41) is 0. The average molecular weight is 171 g/mol. The molecule has 0 bridgehead atoms. The van der Waals surface area contributed by atoms with Gasteiger partial charge in [0.25, 0.3) is 5.92 Å². The van der Waals surface area contributed by atoms with Crippen molar-refractivity contribution in [2.75, 3.05) is 0 Å². The van der Waals surface area contributed by atoms with E-state index in [0.717, 1.165) is 0 Å². The molecule has 3 heteroatoms. The predicted molar refractivity (Wildman–Crippen MR) is 44.0 cm³/mol. The molecule has 1 nitrogen and oxygen atoms in total. The van der Waals surface area contributed by atoms with E-state index in [1.54, 1.807) is 18.2 Å². The fourth-order valence-electron chi connectivity index (χ4n) is 0.923. The van der Waals surface area contributed by atoms with E-state index in [-0.39, 0.29) is 5.56 Å². The van der Waals surface area contributed by atoms with Crippen molar-refractivity contribution in [3.05, 3.63) is 35.9 Å². The molecule has 0 aliphatic rings. The molecule has 1 rings (SSSR count). The monoisotopic (exact) mass is 171 g/mol. The molecule has 0 saturated carbocycles. The summed E-state index contributed by atoms with van der Waals surface area (Å²) in [6.45, 7) is 1.30. The lowest BCUT2D eigenvalue weighted by Crippen LogP contribution is -2.35. The van der Waals surface area contributed by atoms with Crippen molar-refractivity contribution < 1.29 is 8.78 Å². The van der Waals surface area contributed by atoms with Gasteiger partial charge in [0.2, 0.25) is 0 Å². The summed E-state index contributed by atoms with van der Waals surface area (Å²) in [7, 11) is 0. The summed E-state index contributed by atoms with van der Waals surface area (Å²) in [6, 6.07) is 6.45. The molecule has 0 fully saturated rings. The van der Waals surface area contributed by atoms with Crippen molar-refractivity contribution in [3.63, 3.8) is 0 Å². The van der Waals surface area contributed by atoms with Crippen LogP contribution in [-0.4, -0.2) is 6.04 Å². The molecule has 0 radical (unpaired) electrons. The van der Waals surface area contributed by atoms with E-state index in [4.69, 9.17) is 5.73 Å². The Bertz CT molecular complexity index is 244. The van der Waals surface area contributed by atoms with Crippen molar-refractivity contribution in [2.45, 2.75) is 18.9 Å². The van der Waals surface area contributed by atoms with Gasteiger partial charge in [0.15, 0.2) is 0 Å². The Kier molecular flexibility index (Phi) is 2.43. The standard InChI is InChI=1S/C9H11F2N/c1-7(12)9(10,11)8-5-3-2-4-6-8/h2-7H,12H2,1H3. The number of hydrogen-bond donors (Lipinski definition) is 1. The van der Waals surface area contributed by atoms with Crippen LogP contribution in [0.25, 0.3) is 0 Å². The van der Waals surface area contributed by atoms with Crippen LogP contribution in [0.5, 0.6) is 0 Å². The van der Waals surface area contributed by atoms with E-state index in [1.807, 2.05) is 0 Å². The topological polar surface area (TPSA) is 26.0 Å². The Morgan fingerprint density at radius 1 is 1.25 bits per heavy atom. The van der Waals surface area contributed by atoms with Crippen LogP contribution in [0.15, 0.2) is 30.3 Å². The molecule has 1 atom stereocenters. The van der Waals surface area contributed by atoms with E-state index >= 15 is 0 Å². The number of alkyl halides is 2. The minimum absolute atomic E-state index is 0.0278. The van der Waals surface area contributed by atoms with Gasteiger partial charge in [-0.3, -0.25) is 0 Å². The summed E-state index contributed by atoms with van der Waals surface area (Å²) in [5.74, 6) is -2.93. The third kappa shape index (κ3) is 1.61. The van der Waals surface area contributed by atoms with E-state index < -0.39 is 12.0 Å². The Balaban J connectivity index is 2.98. The van der Waals surface area contributed by atoms with E-state index in [1.165, 1.54) is 19.1 Å². The molecule has 2 N–H and O–H groups in total. The lowest BCUT2D eigenvalue weighted by atomic mass is 10.0. The van der Waals surface area contributed by atoms with Gasteiger partial charge in [-0.25, -0.2) is 0 Å². The van der Waals surface area contributed by atoms with Crippen LogP contribution in [-0.2, 0) is 5.92 Å². The Labute approximate surface area is 70.2 Å². The van der Waals surface area contributed by atoms with Gasteiger partial charge in [-0.1, -0.05) is 30.3 Å². The normalized spacial score (nSPS) is 14.3. The highest BCUT2D eigenvalue weighted by Gasteiger charge is 2.35. The van der Waals surface area contributed by atoms with E-state index in [0.29, 0.717) is 0 Å². The maximum absolute atomic E-state index is 13.2. The molecule has 1 aromatic rings. The zero-order valence-corrected chi connectivity index (χ0v) is 6.80. The summed E-state index contributed by atoms with van der Waals surface area (Å²) in [4.78, 5) is 0. The van der Waals surface area contributed by atoms with E-state index in [2.05, 4.69) is 0 Å². The minimum atomic E-state index is -2.93. The molecular weight excluding hydrogens is 160 g/mol. The first kappa shape index (κ1) is 9.13. The van der Waals surface area contributed by atoms with Crippen LogP contribution < -0.4 is 5.73 Å². The third-order valence-corrected chi connectivity index (χ3v) is 1.73. The van der Waals surface area contributed by atoms with Crippen LogP contribution in [0.4, 0.5) is 8.78 Å². The summed E-state index contributed by atoms with van der Waals surface area (Å²) in [5.41, 5.74) is 5.12. The van der Waals surface area contributed by atoms with Crippen LogP contribution in [0.2, 0.25) is 0 Å². The van der Waals surface area contributed by atoms with Gasteiger partial charge in [-0.2, -0.15) is 8.78 Å². The first-order valence-corrected chi connectivity index (χ1v) is 3.74. The largest absolute Gasteiger partial charge is 0.323 e. The second kappa shape index (κ2) is 3.19. The lowest BCUT2D eigenvalue weighted by molar-refractivity contribution is -0.0256. The van der Waals surface area contributed by atoms with Crippen molar-refractivity contribution >= 4 is 0 Å². The van der Waals surface area contributed by atoms with Gasteiger partial charge in [-0.15, -0.1) is 0 Å². The minimum Gasteiger partial charge on any atom is -0.323 e. The molecule has 66 valence electrons. The Morgan fingerprint density at radius 3 is 2.17 bits per heavy atom. The summed E-state index contributed by atoms with van der Waals surface area (Å²) in [6.07, 6.45) is 0. The Hall–Kier alpha value is -0.960. The summed E-state index contributed by atoms with van der Waals surface area (Å²) >= 11 is 0. The number of hydrogen-bond acceptors (Lipinski definition) is 1. The molecule has 0 aromatic heterocycles. The second-order valence-corrected chi connectivity index (χ2v) is 2.78. The maximum atomic E-state index is 13.2. The highest BCUT2D eigenvalue weighted by molar-refractivity contribution is 5.21. The zero-order valence-electron chi connectivity index (χ0n) is 6.80. The number of rotatable bonds is 2. The molecule has 0 heterocycles. The van der Waals surface area contributed by atoms with E-state index in [9.17, 15) is 8.78 Å². The molecule has 0 spiro atoms. The fraction of sp³-hybridized carbons (Fsp3) is 0.333. The fourth-order valence-corrected chi connectivity index (χ4v) is 0.923. The maximum Gasteiger partial charge on any atom is 0.287 e. The number of nitrogens with two attached hydrogens (primary N) is 1. The first-order valence-electron chi connectivity index (χ1n) is 3.74. The molecule has 0 saturated heterocycles. The smallest absolute Gasteiger partial charge is 0.287 e. The van der Waals surface area contributed by atoms with Crippen LogP contribution in [0.1, 0.15) is 12.5 Å². The summed E-state index contributed by atoms with van der Waals surface area (Å²) < 4.78 is 26.3. The average Bonchev–Trinajstić information content (AvgIpc) is 2.06. The molecule has 12 heavy (non-hydrogen) atoms. The molecular formula is C9H11F2N.